The molecule has 0 amide bonds. The zero-order chi connectivity index (χ0) is 15.6. The van der Waals surface area contributed by atoms with Gasteiger partial charge in [-0.2, -0.15) is 5.10 Å². The number of nitrogens with one attached hydrogen (secondary N) is 2. The number of rotatable bonds is 6. The Balaban J connectivity index is 2.33. The standard InChI is InChI=1S/C10H13N5O4S2/c1-3-14-6-7(5-12-14)13-21(18,19)9-4-8(15(16)17)10(11-2)20-9/h4-6,11,13H,3H2,1-2H3. The summed E-state index contributed by atoms with van der Waals surface area (Å²) in [4.78, 5) is 10.2. The fraction of sp³-hybridized carbons (Fsp3) is 0.300. The normalized spacial score (nSPS) is 11.3. The second kappa shape index (κ2) is 5.69. The first-order valence-electron chi connectivity index (χ1n) is 5.88. The van der Waals surface area contributed by atoms with E-state index in [1.54, 1.807) is 10.9 Å². The second-order valence-corrected chi connectivity index (χ2v) is 6.94. The monoisotopic (exact) mass is 331 g/mol. The molecule has 114 valence electrons. The van der Waals surface area contributed by atoms with Crippen LogP contribution in [0.2, 0.25) is 0 Å². The molecule has 0 fully saturated rings. The van der Waals surface area contributed by atoms with E-state index in [1.165, 1.54) is 13.2 Å². The van der Waals surface area contributed by atoms with E-state index in [2.05, 4.69) is 15.1 Å². The van der Waals surface area contributed by atoms with Gasteiger partial charge in [-0.15, -0.1) is 0 Å². The molecule has 0 aromatic carbocycles. The summed E-state index contributed by atoms with van der Waals surface area (Å²) in [5, 5.41) is 17.6. The van der Waals surface area contributed by atoms with Crippen LogP contribution in [0.4, 0.5) is 16.4 Å². The molecule has 9 nitrogen and oxygen atoms in total. The maximum absolute atomic E-state index is 12.2. The Morgan fingerprint density at radius 1 is 1.52 bits per heavy atom. The van der Waals surface area contributed by atoms with Gasteiger partial charge in [0.15, 0.2) is 5.00 Å². The molecule has 0 bridgehead atoms. The Labute approximate surface area is 124 Å². The average Bonchev–Trinajstić information content (AvgIpc) is 3.04. The molecule has 2 heterocycles. The SMILES string of the molecule is CCn1cc(NS(=O)(=O)c2cc([N+](=O)[O-])c(NC)s2)cn1. The van der Waals surface area contributed by atoms with Crippen molar-refractivity contribution in [2.75, 3.05) is 17.1 Å². The van der Waals surface area contributed by atoms with Crippen molar-refractivity contribution in [1.82, 2.24) is 9.78 Å². The quantitative estimate of drug-likeness (QED) is 0.614. The summed E-state index contributed by atoms with van der Waals surface area (Å²) in [6, 6.07) is 1.03. The van der Waals surface area contributed by atoms with E-state index in [-0.39, 0.29) is 14.9 Å². The number of aromatic nitrogens is 2. The average molecular weight is 331 g/mol. The number of aryl methyl sites for hydroxylation is 1. The van der Waals surface area contributed by atoms with Crippen LogP contribution in [0.25, 0.3) is 0 Å². The maximum atomic E-state index is 12.2. The summed E-state index contributed by atoms with van der Waals surface area (Å²) in [6.07, 6.45) is 2.92. The Bertz CT molecular complexity index is 764. The van der Waals surface area contributed by atoms with Gasteiger partial charge in [-0.25, -0.2) is 8.42 Å². The van der Waals surface area contributed by atoms with Crippen LogP contribution in [0.5, 0.6) is 0 Å². The lowest BCUT2D eigenvalue weighted by atomic mass is 10.5. The van der Waals surface area contributed by atoms with Crippen LogP contribution in [0.1, 0.15) is 6.92 Å². The van der Waals surface area contributed by atoms with Gasteiger partial charge in [-0.1, -0.05) is 11.3 Å². The lowest BCUT2D eigenvalue weighted by Gasteiger charge is -2.02. The van der Waals surface area contributed by atoms with Crippen molar-refractivity contribution in [3.8, 4) is 0 Å². The number of nitrogens with zero attached hydrogens (tertiary/aromatic N) is 3. The Morgan fingerprint density at radius 3 is 2.71 bits per heavy atom. The molecule has 0 atom stereocenters. The van der Waals surface area contributed by atoms with Crippen LogP contribution in [0, 0.1) is 10.1 Å². The highest BCUT2D eigenvalue weighted by Gasteiger charge is 2.26. The number of hydrogen-bond acceptors (Lipinski definition) is 7. The van der Waals surface area contributed by atoms with Gasteiger partial charge in [-0.3, -0.25) is 19.5 Å². The minimum Gasteiger partial charge on any atom is -0.374 e. The largest absolute Gasteiger partial charge is 0.374 e. The molecule has 2 rings (SSSR count). The molecule has 2 aromatic rings. The first kappa shape index (κ1) is 15.3. The summed E-state index contributed by atoms with van der Waals surface area (Å²) in [6.45, 7) is 2.48. The molecule has 0 aliphatic heterocycles. The summed E-state index contributed by atoms with van der Waals surface area (Å²) in [7, 11) is -2.39. The van der Waals surface area contributed by atoms with Crippen molar-refractivity contribution >= 4 is 37.7 Å². The van der Waals surface area contributed by atoms with Crippen LogP contribution in [0.3, 0.4) is 0 Å². The highest BCUT2D eigenvalue weighted by atomic mass is 32.2. The van der Waals surface area contributed by atoms with Gasteiger partial charge < -0.3 is 5.32 Å². The van der Waals surface area contributed by atoms with E-state index >= 15 is 0 Å². The van der Waals surface area contributed by atoms with Gasteiger partial charge in [0, 0.05) is 25.9 Å². The first-order valence-corrected chi connectivity index (χ1v) is 8.18. The van der Waals surface area contributed by atoms with Gasteiger partial charge in [0.05, 0.1) is 16.8 Å². The summed E-state index contributed by atoms with van der Waals surface area (Å²) >= 11 is 0.796. The van der Waals surface area contributed by atoms with Crippen LogP contribution >= 0.6 is 11.3 Å². The third kappa shape index (κ3) is 3.13. The minimum atomic E-state index is -3.88. The van der Waals surface area contributed by atoms with Crippen molar-refractivity contribution in [2.45, 2.75) is 17.7 Å². The molecular weight excluding hydrogens is 318 g/mol. The molecule has 0 aliphatic carbocycles. The van der Waals surface area contributed by atoms with Crippen molar-refractivity contribution in [3.05, 3.63) is 28.6 Å². The third-order valence-corrected chi connectivity index (χ3v) is 5.58. The van der Waals surface area contributed by atoms with Crippen LogP contribution < -0.4 is 10.0 Å². The minimum absolute atomic E-state index is 0.136. The summed E-state index contributed by atoms with van der Waals surface area (Å²) in [5.74, 6) is 0. The number of hydrogen-bond donors (Lipinski definition) is 2. The molecule has 0 saturated carbocycles. The zero-order valence-electron chi connectivity index (χ0n) is 11.2. The van der Waals surface area contributed by atoms with Crippen LogP contribution in [-0.4, -0.2) is 30.2 Å². The Kier molecular flexibility index (Phi) is 4.14. The first-order chi connectivity index (χ1) is 9.87. The molecule has 0 unspecified atom stereocenters. The van der Waals surface area contributed by atoms with Crippen molar-refractivity contribution in [1.29, 1.82) is 0 Å². The van der Waals surface area contributed by atoms with Gasteiger partial charge in [0.1, 0.15) is 4.21 Å². The van der Waals surface area contributed by atoms with E-state index in [1.807, 2.05) is 6.92 Å². The third-order valence-electron chi connectivity index (χ3n) is 2.59. The zero-order valence-corrected chi connectivity index (χ0v) is 12.9. The van der Waals surface area contributed by atoms with Crippen molar-refractivity contribution in [2.24, 2.45) is 0 Å². The molecule has 21 heavy (non-hydrogen) atoms. The van der Waals surface area contributed by atoms with E-state index < -0.39 is 14.9 Å². The van der Waals surface area contributed by atoms with Crippen molar-refractivity contribution < 1.29 is 13.3 Å². The Morgan fingerprint density at radius 2 is 2.24 bits per heavy atom. The van der Waals surface area contributed by atoms with E-state index in [0.717, 1.165) is 17.4 Å². The fourth-order valence-electron chi connectivity index (χ4n) is 1.60. The molecule has 2 aromatic heterocycles. The maximum Gasteiger partial charge on any atom is 0.304 e. The molecule has 0 saturated heterocycles. The van der Waals surface area contributed by atoms with E-state index in [0.29, 0.717) is 12.2 Å². The number of thiophene rings is 1. The van der Waals surface area contributed by atoms with Gasteiger partial charge in [0.2, 0.25) is 0 Å². The highest BCUT2D eigenvalue weighted by molar-refractivity contribution is 7.94. The molecule has 11 heteroatoms. The molecule has 0 spiro atoms. The van der Waals surface area contributed by atoms with E-state index in [4.69, 9.17) is 0 Å². The number of sulfonamides is 1. The summed E-state index contributed by atoms with van der Waals surface area (Å²) in [5.41, 5.74) is 0.0334. The predicted molar refractivity (Wildman–Crippen MR) is 79.2 cm³/mol. The lowest BCUT2D eigenvalue weighted by molar-refractivity contribution is -0.383. The molecular formula is C10H13N5O4S2. The smallest absolute Gasteiger partial charge is 0.304 e. The summed E-state index contributed by atoms with van der Waals surface area (Å²) < 4.78 is 28.2. The number of nitro groups is 1. The van der Waals surface area contributed by atoms with Gasteiger partial charge in [0.25, 0.3) is 10.0 Å². The van der Waals surface area contributed by atoms with Crippen molar-refractivity contribution in [3.63, 3.8) is 0 Å². The fourth-order valence-corrected chi connectivity index (χ4v) is 3.91. The molecule has 0 aliphatic rings. The second-order valence-electron chi connectivity index (χ2n) is 3.98. The van der Waals surface area contributed by atoms with E-state index in [9.17, 15) is 18.5 Å². The van der Waals surface area contributed by atoms with Crippen LogP contribution in [0.15, 0.2) is 22.7 Å². The van der Waals surface area contributed by atoms with Gasteiger partial charge >= 0.3 is 5.69 Å². The lowest BCUT2D eigenvalue weighted by Crippen LogP contribution is -2.11. The topological polar surface area (TPSA) is 119 Å². The Hall–Kier alpha value is -2.14. The van der Waals surface area contributed by atoms with Crippen LogP contribution in [-0.2, 0) is 16.6 Å². The molecule has 2 N–H and O–H groups in total. The molecule has 0 radical (unpaired) electrons. The number of anilines is 2. The predicted octanol–water partition coefficient (Wildman–Crippen LogP) is 1.72. The highest BCUT2D eigenvalue weighted by Crippen LogP contribution is 2.37. The van der Waals surface area contributed by atoms with Gasteiger partial charge in [-0.05, 0) is 6.92 Å².